The van der Waals surface area contributed by atoms with Crippen LogP contribution >= 0.6 is 15.9 Å². The van der Waals surface area contributed by atoms with Crippen LogP contribution < -0.4 is 4.83 Å². The number of pyridine rings is 1. The first-order valence-electron chi connectivity index (χ1n) is 7.37. The smallest absolute Gasteiger partial charge is 0.265 e. The van der Waals surface area contributed by atoms with Gasteiger partial charge in [0.05, 0.1) is 10.6 Å². The van der Waals surface area contributed by atoms with Crippen molar-refractivity contribution in [2.75, 3.05) is 0 Å². The lowest BCUT2D eigenvalue weighted by molar-refractivity contribution is 0.584. The van der Waals surface area contributed by atoms with Gasteiger partial charge in [0.1, 0.15) is 0 Å². The number of hydrogen-bond donors (Lipinski definition) is 1. The lowest BCUT2D eigenvalue weighted by atomic mass is 10.0. The van der Waals surface area contributed by atoms with Gasteiger partial charge < -0.3 is 0 Å². The molecule has 0 bridgehead atoms. The predicted octanol–water partition coefficient (Wildman–Crippen LogP) is 3.58. The molecule has 1 N–H and O–H groups in total. The minimum atomic E-state index is -3.76. The Morgan fingerprint density at radius 1 is 0.880 bits per heavy atom. The fourth-order valence-electron chi connectivity index (χ4n) is 2.17. The van der Waals surface area contributed by atoms with E-state index >= 15 is 0 Å². The molecule has 3 aromatic rings. The standard InChI is InChI=1S/C18H14BrN3O2S/c19-16-6-8-17(9-7-16)25(23,24)22-21-18(14-4-2-1-3-5-14)15-10-12-20-13-11-15/h1-13,22H/b21-18+. The van der Waals surface area contributed by atoms with Gasteiger partial charge in [0, 0.05) is 28.0 Å². The van der Waals surface area contributed by atoms with E-state index in [1.807, 2.05) is 30.3 Å². The highest BCUT2D eigenvalue weighted by Crippen LogP contribution is 2.15. The first kappa shape index (κ1) is 17.3. The highest BCUT2D eigenvalue weighted by Gasteiger charge is 2.14. The Bertz CT molecular complexity index is 932. The average molecular weight is 416 g/mol. The van der Waals surface area contributed by atoms with E-state index in [-0.39, 0.29) is 4.90 Å². The van der Waals surface area contributed by atoms with Crippen LogP contribution in [0.5, 0.6) is 0 Å². The van der Waals surface area contributed by atoms with Crippen molar-refractivity contribution in [1.82, 2.24) is 9.82 Å². The molecule has 7 heteroatoms. The van der Waals surface area contributed by atoms with Gasteiger partial charge in [-0.1, -0.05) is 46.3 Å². The molecule has 0 amide bonds. The van der Waals surface area contributed by atoms with E-state index in [0.717, 1.165) is 15.6 Å². The van der Waals surface area contributed by atoms with E-state index in [2.05, 4.69) is 30.8 Å². The average Bonchev–Trinajstić information content (AvgIpc) is 2.64. The molecule has 0 aliphatic carbocycles. The number of hydrazone groups is 1. The summed E-state index contributed by atoms with van der Waals surface area (Å²) in [5.74, 6) is 0. The van der Waals surface area contributed by atoms with E-state index in [1.54, 1.807) is 36.7 Å². The molecule has 0 spiro atoms. The molecule has 0 aliphatic heterocycles. The second-order valence-corrected chi connectivity index (χ2v) is 7.69. The van der Waals surface area contributed by atoms with E-state index in [9.17, 15) is 8.42 Å². The van der Waals surface area contributed by atoms with Crippen molar-refractivity contribution in [3.05, 3.63) is 94.7 Å². The molecule has 3 rings (SSSR count). The summed E-state index contributed by atoms with van der Waals surface area (Å²) in [6.45, 7) is 0. The van der Waals surface area contributed by atoms with Gasteiger partial charge in [-0.2, -0.15) is 18.4 Å². The Labute approximate surface area is 154 Å². The molecular formula is C18H14BrN3O2S. The lowest BCUT2D eigenvalue weighted by Gasteiger charge is -2.09. The Morgan fingerprint density at radius 3 is 2.12 bits per heavy atom. The molecule has 0 atom stereocenters. The summed E-state index contributed by atoms with van der Waals surface area (Å²) in [7, 11) is -3.76. The van der Waals surface area contributed by atoms with Gasteiger partial charge in [-0.05, 0) is 36.4 Å². The minimum absolute atomic E-state index is 0.140. The highest BCUT2D eigenvalue weighted by atomic mass is 79.9. The summed E-state index contributed by atoms with van der Waals surface area (Å²) in [6, 6.07) is 19.3. The predicted molar refractivity (Wildman–Crippen MR) is 101 cm³/mol. The number of halogens is 1. The number of sulfonamides is 1. The maximum atomic E-state index is 12.5. The number of nitrogens with zero attached hydrogens (tertiary/aromatic N) is 2. The Hall–Kier alpha value is -2.51. The van der Waals surface area contributed by atoms with E-state index in [4.69, 9.17) is 0 Å². The Balaban J connectivity index is 1.98. The molecule has 0 unspecified atom stereocenters. The van der Waals surface area contributed by atoms with Crippen molar-refractivity contribution in [2.24, 2.45) is 5.10 Å². The number of hydrogen-bond acceptors (Lipinski definition) is 4. The van der Waals surface area contributed by atoms with Gasteiger partial charge in [0.2, 0.25) is 0 Å². The van der Waals surface area contributed by atoms with Crippen LogP contribution in [-0.2, 0) is 10.0 Å². The van der Waals surface area contributed by atoms with E-state index < -0.39 is 10.0 Å². The number of benzene rings is 2. The maximum Gasteiger partial charge on any atom is 0.276 e. The van der Waals surface area contributed by atoms with Crippen molar-refractivity contribution in [1.29, 1.82) is 0 Å². The van der Waals surface area contributed by atoms with Gasteiger partial charge in [-0.15, -0.1) is 0 Å². The molecule has 2 aromatic carbocycles. The van der Waals surface area contributed by atoms with Crippen LogP contribution in [0.3, 0.4) is 0 Å². The first-order chi connectivity index (χ1) is 12.1. The zero-order chi connectivity index (χ0) is 17.7. The summed E-state index contributed by atoms with van der Waals surface area (Å²) in [5.41, 5.74) is 2.08. The molecule has 0 radical (unpaired) electrons. The molecule has 0 fully saturated rings. The third-order valence-electron chi connectivity index (χ3n) is 3.40. The summed E-state index contributed by atoms with van der Waals surface area (Å²) >= 11 is 3.29. The molecule has 0 aliphatic rings. The van der Waals surface area contributed by atoms with Crippen LogP contribution in [0.15, 0.2) is 93.6 Å². The van der Waals surface area contributed by atoms with Crippen molar-refractivity contribution >= 4 is 31.7 Å². The summed E-state index contributed by atoms with van der Waals surface area (Å²) in [4.78, 5) is 6.44. The molecule has 1 aromatic heterocycles. The monoisotopic (exact) mass is 415 g/mol. The van der Waals surface area contributed by atoms with Gasteiger partial charge in [-0.25, -0.2) is 0 Å². The highest BCUT2D eigenvalue weighted by molar-refractivity contribution is 9.10. The minimum Gasteiger partial charge on any atom is -0.265 e. The van der Waals surface area contributed by atoms with Crippen molar-refractivity contribution in [3.63, 3.8) is 0 Å². The SMILES string of the molecule is O=S(=O)(N/N=C(\c1ccccc1)c1ccncc1)c1ccc(Br)cc1. The van der Waals surface area contributed by atoms with Gasteiger partial charge in [-0.3, -0.25) is 4.98 Å². The van der Waals surface area contributed by atoms with Crippen LogP contribution in [0.1, 0.15) is 11.1 Å². The zero-order valence-electron chi connectivity index (χ0n) is 13.0. The van der Waals surface area contributed by atoms with Crippen LogP contribution in [0.4, 0.5) is 0 Å². The molecule has 1 heterocycles. The largest absolute Gasteiger partial charge is 0.276 e. The fourth-order valence-corrected chi connectivity index (χ4v) is 3.25. The van der Waals surface area contributed by atoms with Gasteiger partial charge in [0.15, 0.2) is 0 Å². The topological polar surface area (TPSA) is 71.4 Å². The van der Waals surface area contributed by atoms with E-state index in [0.29, 0.717) is 5.71 Å². The second-order valence-electron chi connectivity index (χ2n) is 5.11. The third kappa shape index (κ3) is 4.32. The first-order valence-corrected chi connectivity index (χ1v) is 9.65. The van der Waals surface area contributed by atoms with Gasteiger partial charge >= 0.3 is 0 Å². The molecule has 0 saturated carbocycles. The molecule has 5 nitrogen and oxygen atoms in total. The molecule has 126 valence electrons. The zero-order valence-corrected chi connectivity index (χ0v) is 15.4. The summed E-state index contributed by atoms with van der Waals surface area (Å²) in [6.07, 6.45) is 3.27. The van der Waals surface area contributed by atoms with Crippen molar-refractivity contribution in [3.8, 4) is 0 Å². The maximum absolute atomic E-state index is 12.5. The van der Waals surface area contributed by atoms with Crippen LogP contribution in [0.25, 0.3) is 0 Å². The number of rotatable bonds is 5. The normalized spacial score (nSPS) is 12.0. The third-order valence-corrected chi connectivity index (χ3v) is 5.16. The number of nitrogens with one attached hydrogen (secondary N) is 1. The number of aromatic nitrogens is 1. The molecule has 25 heavy (non-hydrogen) atoms. The Kier molecular flexibility index (Phi) is 5.25. The molecule has 0 saturated heterocycles. The Morgan fingerprint density at radius 2 is 1.48 bits per heavy atom. The summed E-state index contributed by atoms with van der Waals surface area (Å²) < 4.78 is 25.7. The van der Waals surface area contributed by atoms with E-state index in [1.165, 1.54) is 12.1 Å². The van der Waals surface area contributed by atoms with Gasteiger partial charge in [0.25, 0.3) is 10.0 Å². The van der Waals surface area contributed by atoms with Crippen molar-refractivity contribution in [2.45, 2.75) is 4.90 Å². The molecular weight excluding hydrogens is 402 g/mol. The van der Waals surface area contributed by atoms with Crippen LogP contribution in [0.2, 0.25) is 0 Å². The lowest BCUT2D eigenvalue weighted by Crippen LogP contribution is -2.21. The van der Waals surface area contributed by atoms with Crippen LogP contribution in [0, 0.1) is 0 Å². The second kappa shape index (κ2) is 7.58. The van der Waals surface area contributed by atoms with Crippen LogP contribution in [-0.4, -0.2) is 19.1 Å². The van der Waals surface area contributed by atoms with Crippen molar-refractivity contribution < 1.29 is 8.42 Å². The quantitative estimate of drug-likeness (QED) is 0.511. The summed E-state index contributed by atoms with van der Waals surface area (Å²) in [5, 5.41) is 4.17. The fraction of sp³-hybridized carbons (Fsp3) is 0.